The molecule has 0 heterocycles. The molecule has 0 amide bonds. The summed E-state index contributed by atoms with van der Waals surface area (Å²) in [5.41, 5.74) is 5.78. The van der Waals surface area contributed by atoms with Crippen LogP contribution in [0.15, 0.2) is 0 Å². The van der Waals surface area contributed by atoms with E-state index in [-0.39, 0.29) is 0 Å². The molecular weight excluding hydrogens is 112 g/mol. The molecule has 0 atom stereocenters. The van der Waals surface area contributed by atoms with Crippen LogP contribution in [0.25, 0.3) is 0 Å². The Bertz CT molecular complexity index is 178. The summed E-state index contributed by atoms with van der Waals surface area (Å²) in [6, 6.07) is 2.15. The largest absolute Gasteiger partial charge is 0.313 e. The van der Waals surface area contributed by atoms with E-state index in [2.05, 4.69) is 6.07 Å². The molecule has 0 aromatic carbocycles. The van der Waals surface area contributed by atoms with Gasteiger partial charge in [-0.05, 0) is 31.1 Å². The minimum absolute atomic E-state index is 0.434. The molecule has 1 spiro atoms. The van der Waals surface area contributed by atoms with E-state index in [0.29, 0.717) is 5.41 Å². The number of rotatable bonds is 0. The quantitative estimate of drug-likeness (QED) is 0.516. The maximum Gasteiger partial charge on any atom is 0.105 e. The fraction of sp³-hybridized carbons (Fsp3) is 0.857. The van der Waals surface area contributed by atoms with Crippen molar-refractivity contribution in [1.29, 1.82) is 5.26 Å². The maximum atomic E-state index is 8.53. The highest BCUT2D eigenvalue weighted by atomic mass is 14.8. The molecular formula is C7H10N2. The summed E-state index contributed by atoms with van der Waals surface area (Å²) in [5, 5.41) is 8.53. The molecule has 0 aromatic heterocycles. The van der Waals surface area contributed by atoms with E-state index in [1.807, 2.05) is 0 Å². The average Bonchev–Trinajstić information content (AvgIpc) is 2.46. The smallest absolute Gasteiger partial charge is 0.105 e. The zero-order valence-corrected chi connectivity index (χ0v) is 5.35. The van der Waals surface area contributed by atoms with Gasteiger partial charge < -0.3 is 5.73 Å². The highest BCUT2D eigenvalue weighted by molar-refractivity contribution is 5.23. The molecule has 2 saturated carbocycles. The molecule has 2 N–H and O–H groups in total. The van der Waals surface area contributed by atoms with Gasteiger partial charge in [-0.15, -0.1) is 0 Å². The van der Waals surface area contributed by atoms with Crippen LogP contribution >= 0.6 is 0 Å². The van der Waals surface area contributed by atoms with Gasteiger partial charge in [-0.3, -0.25) is 0 Å². The monoisotopic (exact) mass is 122 g/mol. The van der Waals surface area contributed by atoms with E-state index in [1.54, 1.807) is 0 Å². The van der Waals surface area contributed by atoms with Gasteiger partial charge in [-0.1, -0.05) is 0 Å². The Balaban J connectivity index is 2.04. The molecule has 2 rings (SSSR count). The van der Waals surface area contributed by atoms with Gasteiger partial charge in [0, 0.05) is 0 Å². The zero-order valence-electron chi connectivity index (χ0n) is 5.35. The summed E-state index contributed by atoms with van der Waals surface area (Å²) in [6.07, 6.45) is 4.54. The van der Waals surface area contributed by atoms with Crippen molar-refractivity contribution in [3.8, 4) is 6.07 Å². The zero-order chi connectivity index (χ0) is 6.54. The number of nitrogens with two attached hydrogens (primary N) is 1. The van der Waals surface area contributed by atoms with Crippen molar-refractivity contribution >= 4 is 0 Å². The van der Waals surface area contributed by atoms with Gasteiger partial charge in [0.1, 0.15) is 5.54 Å². The Hall–Kier alpha value is -0.550. The lowest BCUT2D eigenvalue weighted by atomic mass is 9.67. The van der Waals surface area contributed by atoms with Crippen LogP contribution in [0, 0.1) is 16.7 Å². The number of nitrogens with zero attached hydrogens (tertiary/aromatic N) is 1. The van der Waals surface area contributed by atoms with Crippen molar-refractivity contribution in [2.45, 2.75) is 31.2 Å². The molecule has 0 aromatic rings. The van der Waals surface area contributed by atoms with Crippen molar-refractivity contribution in [3.05, 3.63) is 0 Å². The Kier molecular flexibility index (Phi) is 0.668. The summed E-state index contributed by atoms with van der Waals surface area (Å²) in [4.78, 5) is 0. The molecule has 9 heavy (non-hydrogen) atoms. The van der Waals surface area contributed by atoms with Crippen LogP contribution < -0.4 is 5.73 Å². The molecule has 0 bridgehead atoms. The fourth-order valence-corrected chi connectivity index (χ4v) is 1.90. The molecule has 0 radical (unpaired) electrons. The third kappa shape index (κ3) is 0.585. The van der Waals surface area contributed by atoms with Gasteiger partial charge in [0.15, 0.2) is 0 Å². The third-order valence-electron chi connectivity index (χ3n) is 2.56. The average molecular weight is 122 g/mol. The van der Waals surface area contributed by atoms with Crippen molar-refractivity contribution in [2.75, 3.05) is 0 Å². The highest BCUT2D eigenvalue weighted by Gasteiger charge is 2.59. The minimum atomic E-state index is -0.434. The van der Waals surface area contributed by atoms with Gasteiger partial charge in [-0.2, -0.15) is 5.26 Å². The Morgan fingerprint density at radius 1 is 1.33 bits per heavy atom. The van der Waals surface area contributed by atoms with E-state index >= 15 is 0 Å². The molecule has 0 saturated heterocycles. The van der Waals surface area contributed by atoms with E-state index in [1.165, 1.54) is 12.8 Å². The molecule has 2 fully saturated rings. The first kappa shape index (κ1) is 5.25. The van der Waals surface area contributed by atoms with E-state index in [9.17, 15) is 0 Å². The van der Waals surface area contributed by atoms with Crippen LogP contribution in [-0.4, -0.2) is 5.54 Å². The fourth-order valence-electron chi connectivity index (χ4n) is 1.90. The Labute approximate surface area is 54.6 Å². The van der Waals surface area contributed by atoms with Gasteiger partial charge >= 0.3 is 0 Å². The lowest BCUT2D eigenvalue weighted by Crippen LogP contribution is -2.51. The van der Waals surface area contributed by atoms with Gasteiger partial charge in [0.2, 0.25) is 0 Å². The topological polar surface area (TPSA) is 49.8 Å². The van der Waals surface area contributed by atoms with Gasteiger partial charge in [0.25, 0.3) is 0 Å². The van der Waals surface area contributed by atoms with Crippen LogP contribution in [0.1, 0.15) is 25.7 Å². The van der Waals surface area contributed by atoms with Crippen LogP contribution in [0.4, 0.5) is 0 Å². The summed E-state index contributed by atoms with van der Waals surface area (Å²) in [6.45, 7) is 0. The molecule has 2 nitrogen and oxygen atoms in total. The number of hydrogen-bond acceptors (Lipinski definition) is 2. The second kappa shape index (κ2) is 1.15. The van der Waals surface area contributed by atoms with E-state index in [0.717, 1.165) is 12.8 Å². The second-order valence-electron chi connectivity index (χ2n) is 3.62. The van der Waals surface area contributed by atoms with Crippen molar-refractivity contribution in [3.63, 3.8) is 0 Å². The summed E-state index contributed by atoms with van der Waals surface area (Å²) < 4.78 is 0. The van der Waals surface area contributed by atoms with Crippen molar-refractivity contribution in [1.82, 2.24) is 0 Å². The lowest BCUT2D eigenvalue weighted by molar-refractivity contribution is 0.178. The third-order valence-corrected chi connectivity index (χ3v) is 2.56. The second-order valence-corrected chi connectivity index (χ2v) is 3.62. The normalized spacial score (nSPS) is 32.9. The Morgan fingerprint density at radius 2 is 1.89 bits per heavy atom. The van der Waals surface area contributed by atoms with Crippen LogP contribution in [0.2, 0.25) is 0 Å². The lowest BCUT2D eigenvalue weighted by Gasteiger charge is -2.40. The minimum Gasteiger partial charge on any atom is -0.313 e. The maximum absolute atomic E-state index is 8.53. The highest BCUT2D eigenvalue weighted by Crippen LogP contribution is 2.63. The van der Waals surface area contributed by atoms with Gasteiger partial charge in [0.05, 0.1) is 6.07 Å². The van der Waals surface area contributed by atoms with Crippen molar-refractivity contribution < 1.29 is 0 Å². The number of nitriles is 1. The first-order chi connectivity index (χ1) is 4.18. The molecule has 2 heteroatoms. The Morgan fingerprint density at radius 3 is 2.22 bits per heavy atom. The predicted molar refractivity (Wildman–Crippen MR) is 33.4 cm³/mol. The standard InChI is InChI=1S/C7H10N2/c8-5-7(9)3-6(4-7)1-2-6/h1-4,9H2. The molecule has 0 unspecified atom stereocenters. The van der Waals surface area contributed by atoms with E-state index in [4.69, 9.17) is 11.0 Å². The molecule has 2 aliphatic rings. The van der Waals surface area contributed by atoms with E-state index < -0.39 is 5.54 Å². The first-order valence-electron chi connectivity index (χ1n) is 3.38. The van der Waals surface area contributed by atoms with Crippen LogP contribution in [0.3, 0.4) is 0 Å². The SMILES string of the molecule is N#CC1(N)CC2(CC2)C1. The summed E-state index contributed by atoms with van der Waals surface area (Å²) >= 11 is 0. The van der Waals surface area contributed by atoms with Crippen LogP contribution in [0.5, 0.6) is 0 Å². The summed E-state index contributed by atoms with van der Waals surface area (Å²) in [7, 11) is 0. The van der Waals surface area contributed by atoms with Crippen LogP contribution in [-0.2, 0) is 0 Å². The molecule has 0 aliphatic heterocycles. The number of hydrogen-bond donors (Lipinski definition) is 1. The predicted octanol–water partition coefficient (Wildman–Crippen LogP) is 0.781. The molecule has 48 valence electrons. The first-order valence-corrected chi connectivity index (χ1v) is 3.38. The van der Waals surface area contributed by atoms with Crippen molar-refractivity contribution in [2.24, 2.45) is 11.1 Å². The van der Waals surface area contributed by atoms with Gasteiger partial charge in [-0.25, -0.2) is 0 Å². The summed E-state index contributed by atoms with van der Waals surface area (Å²) in [5.74, 6) is 0. The molecule has 2 aliphatic carbocycles.